The van der Waals surface area contributed by atoms with Gasteiger partial charge in [-0.3, -0.25) is 4.79 Å². The molecule has 1 aromatic carbocycles. The van der Waals surface area contributed by atoms with E-state index < -0.39 is 0 Å². The van der Waals surface area contributed by atoms with Gasteiger partial charge in [0, 0.05) is 16.4 Å². The highest BCUT2D eigenvalue weighted by atomic mass is 79.9. The van der Waals surface area contributed by atoms with Crippen LogP contribution in [-0.2, 0) is 4.79 Å². The number of nitrogens with one attached hydrogen (secondary N) is 1. The van der Waals surface area contributed by atoms with Crippen LogP contribution < -0.4 is 5.32 Å². The molecule has 2 aliphatic rings. The van der Waals surface area contributed by atoms with Crippen molar-refractivity contribution in [2.45, 2.75) is 31.2 Å². The number of benzene rings is 1. The van der Waals surface area contributed by atoms with E-state index in [2.05, 4.69) is 45.3 Å². The van der Waals surface area contributed by atoms with Crippen LogP contribution in [0.2, 0.25) is 0 Å². The highest BCUT2D eigenvalue weighted by Crippen LogP contribution is 2.48. The van der Waals surface area contributed by atoms with E-state index >= 15 is 0 Å². The van der Waals surface area contributed by atoms with Crippen molar-refractivity contribution in [1.29, 1.82) is 0 Å². The number of hydrogen-bond donors (Lipinski definition) is 1. The molecule has 0 radical (unpaired) electrons. The zero-order valence-corrected chi connectivity index (χ0v) is 13.4. The van der Waals surface area contributed by atoms with Crippen LogP contribution in [0.4, 0.5) is 0 Å². The summed E-state index contributed by atoms with van der Waals surface area (Å²) in [7, 11) is 2.14. The predicted molar refractivity (Wildman–Crippen MR) is 83.7 cm³/mol. The van der Waals surface area contributed by atoms with E-state index in [-0.39, 0.29) is 11.8 Å². The molecule has 1 amide bonds. The predicted octanol–water partition coefficient (Wildman–Crippen LogP) is 2.76. The zero-order chi connectivity index (χ0) is 14.1. The van der Waals surface area contributed by atoms with E-state index in [9.17, 15) is 4.79 Å². The van der Waals surface area contributed by atoms with Crippen molar-refractivity contribution in [2.75, 3.05) is 20.1 Å². The fourth-order valence-corrected chi connectivity index (χ4v) is 3.47. The third-order valence-electron chi connectivity index (χ3n) is 4.47. The smallest absolute Gasteiger partial charge is 0.223 e. The first-order valence-corrected chi connectivity index (χ1v) is 8.17. The molecule has 0 aromatic heterocycles. The molecule has 3 rings (SSSR count). The van der Waals surface area contributed by atoms with Crippen LogP contribution in [-0.4, -0.2) is 37.0 Å². The lowest BCUT2D eigenvalue weighted by molar-refractivity contribution is -0.123. The number of halogens is 1. The quantitative estimate of drug-likeness (QED) is 0.920. The molecule has 1 aliphatic carbocycles. The first-order chi connectivity index (χ1) is 9.63. The summed E-state index contributed by atoms with van der Waals surface area (Å²) in [5, 5.41) is 3.24. The van der Waals surface area contributed by atoms with Gasteiger partial charge >= 0.3 is 0 Å². The Kier molecular flexibility index (Phi) is 4.13. The maximum Gasteiger partial charge on any atom is 0.223 e. The molecule has 0 unspecified atom stereocenters. The second kappa shape index (κ2) is 5.86. The van der Waals surface area contributed by atoms with Gasteiger partial charge in [0.2, 0.25) is 5.91 Å². The van der Waals surface area contributed by atoms with Gasteiger partial charge in [0.15, 0.2) is 0 Å². The molecule has 1 saturated carbocycles. The summed E-state index contributed by atoms with van der Waals surface area (Å²) in [6.45, 7) is 2.18. The molecule has 1 N–H and O–H groups in total. The van der Waals surface area contributed by atoms with Gasteiger partial charge in [-0.1, -0.05) is 28.1 Å². The molecular weight excluding hydrogens is 316 g/mol. The molecule has 2 atom stereocenters. The lowest BCUT2D eigenvalue weighted by Crippen LogP contribution is -2.44. The number of rotatable bonds is 3. The summed E-state index contributed by atoms with van der Waals surface area (Å²) in [6, 6.07) is 8.71. The molecule has 4 heteroatoms. The molecule has 0 bridgehead atoms. The van der Waals surface area contributed by atoms with Crippen molar-refractivity contribution in [2.24, 2.45) is 5.92 Å². The Hall–Kier alpha value is -0.870. The van der Waals surface area contributed by atoms with Crippen LogP contribution in [0, 0.1) is 5.92 Å². The van der Waals surface area contributed by atoms with E-state index in [4.69, 9.17) is 0 Å². The minimum atomic E-state index is 0.184. The maximum absolute atomic E-state index is 12.3. The molecular formula is C16H21BrN2O. The summed E-state index contributed by atoms with van der Waals surface area (Å²) in [5.74, 6) is 0.854. The minimum absolute atomic E-state index is 0.184. The minimum Gasteiger partial charge on any atom is -0.353 e. The van der Waals surface area contributed by atoms with Crippen molar-refractivity contribution in [3.05, 3.63) is 34.3 Å². The number of piperidine rings is 1. The first kappa shape index (κ1) is 14.1. The summed E-state index contributed by atoms with van der Waals surface area (Å²) >= 11 is 3.50. The summed E-state index contributed by atoms with van der Waals surface area (Å²) in [4.78, 5) is 14.6. The average Bonchev–Trinajstić information content (AvgIpc) is 3.22. The van der Waals surface area contributed by atoms with Gasteiger partial charge < -0.3 is 10.2 Å². The Morgan fingerprint density at radius 2 is 2.10 bits per heavy atom. The molecule has 0 spiro atoms. The highest BCUT2D eigenvalue weighted by molar-refractivity contribution is 9.10. The molecule has 1 heterocycles. The largest absolute Gasteiger partial charge is 0.353 e. The monoisotopic (exact) mass is 336 g/mol. The Labute approximate surface area is 128 Å². The second-order valence-electron chi connectivity index (χ2n) is 6.09. The number of carbonyl (C=O) groups is 1. The Morgan fingerprint density at radius 1 is 1.35 bits per heavy atom. The number of carbonyl (C=O) groups excluding carboxylic acids is 1. The van der Waals surface area contributed by atoms with Crippen LogP contribution in [0.5, 0.6) is 0 Å². The lowest BCUT2D eigenvalue weighted by Gasteiger charge is -2.29. The van der Waals surface area contributed by atoms with Crippen molar-refractivity contribution < 1.29 is 4.79 Å². The van der Waals surface area contributed by atoms with Gasteiger partial charge in [0.25, 0.3) is 0 Å². The third kappa shape index (κ3) is 3.23. The van der Waals surface area contributed by atoms with E-state index in [1.165, 1.54) is 5.56 Å². The van der Waals surface area contributed by atoms with Crippen LogP contribution in [0.1, 0.15) is 30.7 Å². The summed E-state index contributed by atoms with van der Waals surface area (Å²) in [5.41, 5.74) is 1.28. The Bertz CT molecular complexity index is 497. The fourth-order valence-electron chi connectivity index (χ4n) is 3.05. The molecule has 20 heavy (non-hydrogen) atoms. The average molecular weight is 337 g/mol. The Balaban J connectivity index is 1.53. The summed E-state index contributed by atoms with van der Waals surface area (Å²) < 4.78 is 1.09. The lowest BCUT2D eigenvalue weighted by atomic mass is 10.0. The highest BCUT2D eigenvalue weighted by Gasteiger charge is 2.44. The van der Waals surface area contributed by atoms with Crippen LogP contribution in [0.3, 0.4) is 0 Å². The number of amides is 1. The SMILES string of the molecule is CN1CCC(NC(=O)[C@@H]2C[C@@H]2c2cccc(Br)c2)CC1. The van der Waals surface area contributed by atoms with Gasteiger partial charge in [-0.2, -0.15) is 0 Å². The summed E-state index contributed by atoms with van der Waals surface area (Å²) in [6.07, 6.45) is 3.15. The molecule has 108 valence electrons. The molecule has 2 fully saturated rings. The van der Waals surface area contributed by atoms with E-state index in [1.807, 2.05) is 12.1 Å². The van der Waals surface area contributed by atoms with E-state index in [0.29, 0.717) is 12.0 Å². The van der Waals surface area contributed by atoms with Gasteiger partial charge in [-0.25, -0.2) is 0 Å². The normalized spacial score (nSPS) is 27.3. The van der Waals surface area contributed by atoms with Crippen molar-refractivity contribution in [1.82, 2.24) is 10.2 Å². The fraction of sp³-hybridized carbons (Fsp3) is 0.562. The van der Waals surface area contributed by atoms with Crippen molar-refractivity contribution >= 4 is 21.8 Å². The van der Waals surface area contributed by atoms with Crippen LogP contribution in [0.15, 0.2) is 28.7 Å². The zero-order valence-electron chi connectivity index (χ0n) is 11.8. The second-order valence-corrected chi connectivity index (χ2v) is 7.01. The number of hydrogen-bond acceptors (Lipinski definition) is 2. The van der Waals surface area contributed by atoms with E-state index in [0.717, 1.165) is 36.8 Å². The van der Waals surface area contributed by atoms with Crippen LogP contribution in [0.25, 0.3) is 0 Å². The van der Waals surface area contributed by atoms with Crippen LogP contribution >= 0.6 is 15.9 Å². The standard InChI is InChI=1S/C16H21BrN2O/c1-19-7-5-13(6-8-19)18-16(20)15-10-14(15)11-3-2-4-12(17)9-11/h2-4,9,13-15H,5-8,10H2,1H3,(H,18,20)/t14-,15-/m1/s1. The third-order valence-corrected chi connectivity index (χ3v) is 4.96. The van der Waals surface area contributed by atoms with Gasteiger partial charge in [-0.05, 0) is 63.0 Å². The van der Waals surface area contributed by atoms with Gasteiger partial charge in [-0.15, -0.1) is 0 Å². The molecule has 1 aliphatic heterocycles. The van der Waals surface area contributed by atoms with Crippen molar-refractivity contribution in [3.8, 4) is 0 Å². The number of likely N-dealkylation sites (tertiary alicyclic amines) is 1. The molecule has 3 nitrogen and oxygen atoms in total. The first-order valence-electron chi connectivity index (χ1n) is 7.38. The van der Waals surface area contributed by atoms with Gasteiger partial charge in [0.05, 0.1) is 0 Å². The Morgan fingerprint density at radius 3 is 2.80 bits per heavy atom. The van der Waals surface area contributed by atoms with Gasteiger partial charge in [0.1, 0.15) is 0 Å². The molecule has 1 saturated heterocycles. The number of nitrogens with zero attached hydrogens (tertiary/aromatic N) is 1. The van der Waals surface area contributed by atoms with E-state index in [1.54, 1.807) is 0 Å². The molecule has 1 aromatic rings. The topological polar surface area (TPSA) is 32.3 Å². The maximum atomic E-state index is 12.3. The van der Waals surface area contributed by atoms with Crippen molar-refractivity contribution in [3.63, 3.8) is 0 Å².